The number of rotatable bonds is 4. The second-order valence-corrected chi connectivity index (χ2v) is 7.91. The van der Waals surface area contributed by atoms with Gasteiger partial charge in [-0.1, -0.05) is 6.07 Å². The highest BCUT2D eigenvalue weighted by Crippen LogP contribution is 2.32. The number of benzene rings is 1. The summed E-state index contributed by atoms with van der Waals surface area (Å²) < 4.78 is 46.3. The molecule has 2 aromatic heterocycles. The van der Waals surface area contributed by atoms with Crippen molar-refractivity contribution in [3.05, 3.63) is 47.2 Å². The molecule has 0 N–H and O–H groups in total. The van der Waals surface area contributed by atoms with E-state index >= 15 is 0 Å². The van der Waals surface area contributed by atoms with Crippen LogP contribution >= 0.6 is 0 Å². The van der Waals surface area contributed by atoms with Crippen LogP contribution in [0.5, 0.6) is 5.88 Å². The lowest BCUT2D eigenvalue weighted by Gasteiger charge is -2.36. The number of amides is 1. The van der Waals surface area contributed by atoms with Gasteiger partial charge < -0.3 is 14.5 Å². The van der Waals surface area contributed by atoms with Crippen molar-refractivity contribution < 1.29 is 22.7 Å². The molecule has 3 heterocycles. The molecule has 7 nitrogen and oxygen atoms in total. The largest absolute Gasteiger partial charge is 0.466 e. The number of hydrogen-bond acceptors (Lipinski definition) is 5. The van der Waals surface area contributed by atoms with Gasteiger partial charge >= 0.3 is 6.18 Å². The van der Waals surface area contributed by atoms with Crippen molar-refractivity contribution in [1.29, 1.82) is 0 Å². The van der Waals surface area contributed by atoms with E-state index in [9.17, 15) is 18.0 Å². The molecule has 0 bridgehead atoms. The first kappa shape index (κ1) is 21.9. The van der Waals surface area contributed by atoms with Gasteiger partial charge in [-0.05, 0) is 43.7 Å². The van der Waals surface area contributed by atoms with Crippen LogP contribution < -0.4 is 9.64 Å². The van der Waals surface area contributed by atoms with E-state index in [1.807, 2.05) is 24.8 Å². The Balaban J connectivity index is 1.37. The first-order chi connectivity index (χ1) is 15.1. The zero-order valence-corrected chi connectivity index (χ0v) is 18.1. The number of carbonyl (C=O) groups is 1. The van der Waals surface area contributed by atoms with Crippen LogP contribution in [0.1, 0.15) is 16.8 Å². The highest BCUT2D eigenvalue weighted by atomic mass is 19.4. The van der Waals surface area contributed by atoms with E-state index in [-0.39, 0.29) is 12.5 Å². The van der Waals surface area contributed by atoms with E-state index in [2.05, 4.69) is 10.1 Å². The monoisotopic (exact) mass is 447 g/mol. The van der Waals surface area contributed by atoms with Gasteiger partial charge in [0.05, 0.1) is 10.9 Å². The van der Waals surface area contributed by atoms with Gasteiger partial charge in [0.15, 0.2) is 12.3 Å². The van der Waals surface area contributed by atoms with E-state index < -0.39 is 11.7 Å². The molecular formula is C22H24F3N5O2. The smallest absolute Gasteiger partial charge is 0.416 e. The lowest BCUT2D eigenvalue weighted by atomic mass is 10.1. The van der Waals surface area contributed by atoms with Crippen molar-refractivity contribution in [2.24, 2.45) is 7.05 Å². The second kappa shape index (κ2) is 8.33. The third-order valence-electron chi connectivity index (χ3n) is 5.59. The number of halogens is 3. The number of alkyl halides is 3. The third-order valence-corrected chi connectivity index (χ3v) is 5.59. The SMILES string of the molecule is Cc1cc(C)c2c(OCC(=O)N3CCN(c4cccc(C(F)(F)F)c4)CC3)nn(C)c2n1. The normalized spacial score (nSPS) is 14.8. The summed E-state index contributed by atoms with van der Waals surface area (Å²) in [4.78, 5) is 20.7. The van der Waals surface area contributed by atoms with Crippen LogP contribution in [-0.2, 0) is 18.0 Å². The average molecular weight is 447 g/mol. The summed E-state index contributed by atoms with van der Waals surface area (Å²) >= 11 is 0. The molecule has 170 valence electrons. The van der Waals surface area contributed by atoms with Gasteiger partial charge in [-0.3, -0.25) is 4.79 Å². The molecule has 4 rings (SSSR count). The Labute approximate surface area is 183 Å². The summed E-state index contributed by atoms with van der Waals surface area (Å²) in [6.45, 7) is 5.39. The number of piperazine rings is 1. The lowest BCUT2D eigenvalue weighted by Crippen LogP contribution is -2.50. The number of ether oxygens (including phenoxy) is 1. The van der Waals surface area contributed by atoms with Gasteiger partial charge in [0, 0.05) is 44.6 Å². The average Bonchev–Trinajstić information content (AvgIpc) is 3.07. The third kappa shape index (κ3) is 4.35. The molecule has 1 saturated heterocycles. The molecular weight excluding hydrogens is 423 g/mol. The van der Waals surface area contributed by atoms with Crippen LogP contribution in [0.15, 0.2) is 30.3 Å². The van der Waals surface area contributed by atoms with Crippen molar-refractivity contribution >= 4 is 22.6 Å². The Morgan fingerprint density at radius 2 is 1.84 bits per heavy atom. The number of nitrogens with zero attached hydrogens (tertiary/aromatic N) is 5. The number of carbonyl (C=O) groups excluding carboxylic acids is 1. The Kier molecular flexibility index (Phi) is 5.70. The van der Waals surface area contributed by atoms with Gasteiger partial charge in [-0.15, -0.1) is 5.10 Å². The Morgan fingerprint density at radius 3 is 2.53 bits per heavy atom. The van der Waals surface area contributed by atoms with Gasteiger partial charge in [0.2, 0.25) is 5.88 Å². The van der Waals surface area contributed by atoms with Crippen molar-refractivity contribution in [3.8, 4) is 5.88 Å². The molecule has 10 heteroatoms. The molecule has 0 unspecified atom stereocenters. The van der Waals surface area contributed by atoms with Crippen LogP contribution in [0.3, 0.4) is 0 Å². The summed E-state index contributed by atoms with van der Waals surface area (Å²) in [5.74, 6) is 0.175. The number of aryl methyl sites for hydroxylation is 3. The Hall–Kier alpha value is -3.30. The molecule has 0 radical (unpaired) electrons. The molecule has 0 spiro atoms. The van der Waals surface area contributed by atoms with E-state index in [1.54, 1.807) is 22.7 Å². The minimum Gasteiger partial charge on any atom is -0.466 e. The van der Waals surface area contributed by atoms with Gasteiger partial charge in [0.1, 0.15) is 0 Å². The van der Waals surface area contributed by atoms with Crippen molar-refractivity contribution in [3.63, 3.8) is 0 Å². The molecule has 32 heavy (non-hydrogen) atoms. The van der Waals surface area contributed by atoms with E-state index in [4.69, 9.17) is 4.74 Å². The predicted octanol–water partition coefficient (Wildman–Crippen LogP) is 3.33. The van der Waals surface area contributed by atoms with E-state index in [0.717, 1.165) is 28.8 Å². The summed E-state index contributed by atoms with van der Waals surface area (Å²) in [6, 6.07) is 7.19. The maximum Gasteiger partial charge on any atom is 0.416 e. The fourth-order valence-electron chi connectivity index (χ4n) is 3.96. The van der Waals surface area contributed by atoms with Gasteiger partial charge in [-0.25, -0.2) is 9.67 Å². The van der Waals surface area contributed by atoms with Crippen LogP contribution in [-0.4, -0.2) is 58.4 Å². The topological polar surface area (TPSA) is 63.5 Å². The quantitative estimate of drug-likeness (QED) is 0.614. The Bertz CT molecular complexity index is 1150. The van der Waals surface area contributed by atoms with E-state index in [0.29, 0.717) is 43.4 Å². The first-order valence-corrected chi connectivity index (χ1v) is 10.3. The van der Waals surface area contributed by atoms with Crippen LogP contribution in [0.4, 0.5) is 18.9 Å². The Morgan fingerprint density at radius 1 is 1.12 bits per heavy atom. The van der Waals surface area contributed by atoms with Crippen molar-refractivity contribution in [2.45, 2.75) is 20.0 Å². The number of pyridine rings is 1. The van der Waals surface area contributed by atoms with Crippen molar-refractivity contribution in [2.75, 3.05) is 37.7 Å². The number of anilines is 1. The number of hydrogen-bond donors (Lipinski definition) is 0. The molecule has 0 saturated carbocycles. The fraction of sp³-hybridized carbons (Fsp3) is 0.409. The summed E-state index contributed by atoms with van der Waals surface area (Å²) in [5.41, 5.74) is 2.36. The molecule has 1 aliphatic rings. The summed E-state index contributed by atoms with van der Waals surface area (Å²) in [5, 5.41) is 5.13. The molecule has 1 aliphatic heterocycles. The summed E-state index contributed by atoms with van der Waals surface area (Å²) in [7, 11) is 1.77. The predicted molar refractivity (Wildman–Crippen MR) is 114 cm³/mol. The zero-order valence-electron chi connectivity index (χ0n) is 18.1. The molecule has 3 aromatic rings. The molecule has 0 atom stereocenters. The molecule has 1 amide bonds. The second-order valence-electron chi connectivity index (χ2n) is 7.91. The fourth-order valence-corrected chi connectivity index (χ4v) is 3.96. The molecule has 1 aromatic carbocycles. The maximum atomic E-state index is 13.0. The standard InChI is InChI=1S/C22H24F3N5O2/c1-14-11-15(2)26-20-19(14)21(27-28(20)3)32-13-18(31)30-9-7-29(8-10-30)17-6-4-5-16(12-17)22(23,24)25/h4-6,11-12H,7-10,13H2,1-3H3. The van der Waals surface area contributed by atoms with Crippen LogP contribution in [0.25, 0.3) is 11.0 Å². The zero-order chi connectivity index (χ0) is 23.0. The highest BCUT2D eigenvalue weighted by Gasteiger charge is 2.31. The van der Waals surface area contributed by atoms with Crippen LogP contribution in [0, 0.1) is 13.8 Å². The van der Waals surface area contributed by atoms with E-state index in [1.165, 1.54) is 6.07 Å². The first-order valence-electron chi connectivity index (χ1n) is 10.3. The summed E-state index contributed by atoms with van der Waals surface area (Å²) in [6.07, 6.45) is -4.38. The highest BCUT2D eigenvalue weighted by molar-refractivity contribution is 5.85. The number of aromatic nitrogens is 3. The maximum absolute atomic E-state index is 13.0. The molecule has 0 aliphatic carbocycles. The van der Waals surface area contributed by atoms with Gasteiger partial charge in [0.25, 0.3) is 5.91 Å². The van der Waals surface area contributed by atoms with Gasteiger partial charge in [-0.2, -0.15) is 13.2 Å². The minimum absolute atomic E-state index is 0.164. The molecule has 1 fully saturated rings. The van der Waals surface area contributed by atoms with Crippen molar-refractivity contribution in [1.82, 2.24) is 19.7 Å². The number of fused-ring (bicyclic) bond motifs is 1. The lowest BCUT2D eigenvalue weighted by molar-refractivity contribution is -0.137. The minimum atomic E-state index is -4.38. The van der Waals surface area contributed by atoms with Crippen LogP contribution in [0.2, 0.25) is 0 Å².